The van der Waals surface area contributed by atoms with Gasteiger partial charge in [-0.1, -0.05) is 26.0 Å². The highest BCUT2D eigenvalue weighted by Crippen LogP contribution is 2.34. The van der Waals surface area contributed by atoms with Crippen molar-refractivity contribution in [3.05, 3.63) is 30.1 Å². The van der Waals surface area contributed by atoms with E-state index in [0.29, 0.717) is 12.5 Å². The molecule has 0 radical (unpaired) electrons. The fourth-order valence-electron chi connectivity index (χ4n) is 3.24. The largest absolute Gasteiger partial charge is 0.362 e. The Morgan fingerprint density at radius 3 is 2.71 bits per heavy atom. The third-order valence-corrected chi connectivity index (χ3v) is 4.29. The fraction of sp³-hybridized carbons (Fsp3) is 0.529. The minimum atomic E-state index is 0.0759. The maximum absolute atomic E-state index is 12.1. The van der Waals surface area contributed by atoms with Gasteiger partial charge in [0.1, 0.15) is 0 Å². The molecule has 1 atom stereocenters. The van der Waals surface area contributed by atoms with Crippen LogP contribution in [0.1, 0.15) is 33.0 Å². The number of benzene rings is 1. The summed E-state index contributed by atoms with van der Waals surface area (Å²) in [6.07, 6.45) is 0.989. The highest BCUT2D eigenvalue weighted by molar-refractivity contribution is 5.95. The zero-order chi connectivity index (χ0) is 17.1. The van der Waals surface area contributed by atoms with Gasteiger partial charge in [-0.25, -0.2) is 4.68 Å². The van der Waals surface area contributed by atoms with Gasteiger partial charge in [-0.05, 0) is 34.9 Å². The second-order valence-electron chi connectivity index (χ2n) is 6.42. The van der Waals surface area contributed by atoms with E-state index in [-0.39, 0.29) is 5.91 Å². The molecular formula is C17H24N6O. The van der Waals surface area contributed by atoms with Gasteiger partial charge >= 0.3 is 0 Å². The molecule has 24 heavy (non-hydrogen) atoms. The van der Waals surface area contributed by atoms with Crippen molar-refractivity contribution < 1.29 is 4.79 Å². The molecular weight excluding hydrogens is 304 g/mol. The van der Waals surface area contributed by atoms with Crippen LogP contribution in [0.5, 0.6) is 0 Å². The van der Waals surface area contributed by atoms with Crippen LogP contribution in [0.15, 0.2) is 24.3 Å². The lowest BCUT2D eigenvalue weighted by Gasteiger charge is -2.26. The maximum Gasteiger partial charge on any atom is 0.223 e. The Hall–Kier alpha value is -2.44. The monoisotopic (exact) mass is 328 g/mol. The Bertz CT molecular complexity index is 713. The first kappa shape index (κ1) is 16.4. The molecule has 1 aliphatic heterocycles. The first-order valence-corrected chi connectivity index (χ1v) is 8.47. The molecule has 3 rings (SSSR count). The molecule has 0 aliphatic carbocycles. The zero-order valence-electron chi connectivity index (χ0n) is 14.5. The molecule has 128 valence electrons. The van der Waals surface area contributed by atoms with E-state index >= 15 is 0 Å². The summed E-state index contributed by atoms with van der Waals surface area (Å²) < 4.78 is 1.86. The lowest BCUT2D eigenvalue weighted by Crippen LogP contribution is -2.33. The van der Waals surface area contributed by atoms with E-state index < -0.39 is 0 Å². The van der Waals surface area contributed by atoms with Crippen LogP contribution >= 0.6 is 0 Å². The topological polar surface area (TPSA) is 67.2 Å². The van der Waals surface area contributed by atoms with Gasteiger partial charge in [0.25, 0.3) is 0 Å². The van der Waals surface area contributed by atoms with E-state index in [9.17, 15) is 4.79 Å². The van der Waals surface area contributed by atoms with Crippen LogP contribution in [0.4, 0.5) is 11.4 Å². The number of para-hydroxylation sites is 2. The van der Waals surface area contributed by atoms with Gasteiger partial charge in [0.2, 0.25) is 5.91 Å². The minimum Gasteiger partial charge on any atom is -0.362 e. The Balaban J connectivity index is 1.95. The molecule has 0 fully saturated rings. The van der Waals surface area contributed by atoms with Gasteiger partial charge in [-0.3, -0.25) is 4.79 Å². The highest BCUT2D eigenvalue weighted by atomic mass is 16.2. The first-order chi connectivity index (χ1) is 11.6. The molecule has 1 amide bonds. The van der Waals surface area contributed by atoms with Crippen LogP contribution in [-0.4, -0.2) is 39.2 Å². The van der Waals surface area contributed by atoms with Crippen LogP contribution in [0.3, 0.4) is 0 Å². The Morgan fingerprint density at radius 1 is 1.25 bits per heavy atom. The molecule has 0 spiro atoms. The number of carbonyl (C=O) groups is 1. The quantitative estimate of drug-likeness (QED) is 0.860. The van der Waals surface area contributed by atoms with Crippen molar-refractivity contribution in [2.24, 2.45) is 5.92 Å². The lowest BCUT2D eigenvalue weighted by atomic mass is 10.1. The van der Waals surface area contributed by atoms with Crippen LogP contribution in [0, 0.1) is 5.92 Å². The lowest BCUT2D eigenvalue weighted by molar-refractivity contribution is -0.116. The molecule has 2 aromatic rings. The van der Waals surface area contributed by atoms with Crippen LogP contribution < -0.4 is 9.80 Å². The summed E-state index contributed by atoms with van der Waals surface area (Å²) in [6.45, 7) is 8.94. The molecule has 1 unspecified atom stereocenters. The standard InChI is InChI=1S/C17H24N6O/c1-4-9-23-17(18-19-20-23)12-21-10-13(2)11-22(14(3)24)16-8-6-5-7-15(16)21/h5-8,13H,4,9-12H2,1-3H3. The van der Waals surface area contributed by atoms with Gasteiger partial charge in [-0.2, -0.15) is 0 Å². The third-order valence-electron chi connectivity index (χ3n) is 4.29. The van der Waals surface area contributed by atoms with Crippen molar-refractivity contribution in [2.75, 3.05) is 22.9 Å². The molecule has 7 nitrogen and oxygen atoms in total. The number of carbonyl (C=O) groups excluding carboxylic acids is 1. The SMILES string of the molecule is CCCn1nnnc1CN1CC(C)CN(C(C)=O)c2ccccc21. The number of aryl methyl sites for hydroxylation is 1. The molecule has 0 saturated carbocycles. The summed E-state index contributed by atoms with van der Waals surface area (Å²) in [6, 6.07) is 8.06. The summed E-state index contributed by atoms with van der Waals surface area (Å²) >= 11 is 0. The maximum atomic E-state index is 12.1. The molecule has 0 saturated heterocycles. The molecule has 1 aromatic carbocycles. The van der Waals surface area contributed by atoms with E-state index in [0.717, 1.165) is 43.3 Å². The predicted octanol–water partition coefficient (Wildman–Crippen LogP) is 2.09. The number of nitrogens with zero attached hydrogens (tertiary/aromatic N) is 6. The first-order valence-electron chi connectivity index (χ1n) is 8.47. The molecule has 2 heterocycles. The average molecular weight is 328 g/mol. The molecule has 1 aromatic heterocycles. The molecule has 1 aliphatic rings. The molecule has 0 N–H and O–H groups in total. The second kappa shape index (κ2) is 6.98. The van der Waals surface area contributed by atoms with Crippen molar-refractivity contribution in [3.8, 4) is 0 Å². The Morgan fingerprint density at radius 2 is 2.00 bits per heavy atom. The highest BCUT2D eigenvalue weighted by Gasteiger charge is 2.27. The number of rotatable bonds is 4. The molecule has 0 bridgehead atoms. The van der Waals surface area contributed by atoms with Crippen LogP contribution in [0.2, 0.25) is 0 Å². The van der Waals surface area contributed by atoms with Crippen molar-refractivity contribution in [1.82, 2.24) is 20.2 Å². The normalized spacial score (nSPS) is 17.5. The fourth-order valence-corrected chi connectivity index (χ4v) is 3.24. The number of aromatic nitrogens is 4. The average Bonchev–Trinajstić information content (AvgIpc) is 2.93. The number of hydrogen-bond acceptors (Lipinski definition) is 5. The van der Waals surface area contributed by atoms with Crippen molar-refractivity contribution in [1.29, 1.82) is 0 Å². The van der Waals surface area contributed by atoms with Gasteiger partial charge in [0, 0.05) is 26.6 Å². The summed E-state index contributed by atoms with van der Waals surface area (Å²) in [7, 11) is 0. The summed E-state index contributed by atoms with van der Waals surface area (Å²) in [5.41, 5.74) is 2.02. The van der Waals surface area contributed by atoms with Crippen molar-refractivity contribution in [3.63, 3.8) is 0 Å². The summed E-state index contributed by atoms with van der Waals surface area (Å²) in [5, 5.41) is 12.1. The van der Waals surface area contributed by atoms with Crippen molar-refractivity contribution >= 4 is 17.3 Å². The smallest absolute Gasteiger partial charge is 0.223 e. The van der Waals surface area contributed by atoms with Gasteiger partial charge in [0.15, 0.2) is 5.82 Å². The second-order valence-corrected chi connectivity index (χ2v) is 6.42. The predicted molar refractivity (Wildman–Crippen MR) is 92.8 cm³/mol. The zero-order valence-corrected chi connectivity index (χ0v) is 14.5. The van der Waals surface area contributed by atoms with Crippen LogP contribution in [0.25, 0.3) is 0 Å². The minimum absolute atomic E-state index is 0.0759. The van der Waals surface area contributed by atoms with Gasteiger partial charge < -0.3 is 9.80 Å². The number of fused-ring (bicyclic) bond motifs is 1. The number of amides is 1. The third kappa shape index (κ3) is 3.25. The Labute approximate surface area is 142 Å². The molecule has 7 heteroatoms. The van der Waals surface area contributed by atoms with Crippen LogP contribution in [-0.2, 0) is 17.9 Å². The van der Waals surface area contributed by atoms with E-state index in [4.69, 9.17) is 0 Å². The van der Waals surface area contributed by atoms with Crippen molar-refractivity contribution in [2.45, 2.75) is 40.3 Å². The van der Waals surface area contributed by atoms with E-state index in [1.807, 2.05) is 27.8 Å². The van der Waals surface area contributed by atoms with E-state index in [1.165, 1.54) is 0 Å². The summed E-state index contributed by atoms with van der Waals surface area (Å²) in [4.78, 5) is 16.2. The van der Waals surface area contributed by atoms with E-state index in [1.54, 1.807) is 6.92 Å². The number of tetrazole rings is 1. The number of hydrogen-bond donors (Lipinski definition) is 0. The van der Waals surface area contributed by atoms with Gasteiger partial charge in [0.05, 0.1) is 17.9 Å². The van der Waals surface area contributed by atoms with E-state index in [2.05, 4.69) is 40.3 Å². The number of anilines is 2. The Kier molecular flexibility index (Phi) is 4.78. The van der Waals surface area contributed by atoms with Gasteiger partial charge in [-0.15, -0.1) is 5.10 Å². The summed E-state index contributed by atoms with van der Waals surface area (Å²) in [5.74, 6) is 1.29.